The van der Waals surface area contributed by atoms with Gasteiger partial charge in [-0.3, -0.25) is 4.79 Å². The Balaban J connectivity index is 1.61. The van der Waals surface area contributed by atoms with Crippen molar-refractivity contribution in [2.24, 2.45) is 11.8 Å². The summed E-state index contributed by atoms with van der Waals surface area (Å²) in [4.78, 5) is 11.3. The van der Waals surface area contributed by atoms with E-state index in [2.05, 4.69) is 55.5 Å². The molecule has 5 heteroatoms. The van der Waals surface area contributed by atoms with Gasteiger partial charge in [0.1, 0.15) is 0 Å². The molecule has 2 aromatic carbocycles. The number of unbranched alkanes of at least 4 members (excludes halogenated alkanes) is 3. The fourth-order valence-corrected chi connectivity index (χ4v) is 5.30. The Morgan fingerprint density at radius 3 is 2.49 bits per heavy atom. The molecule has 0 heterocycles. The fourth-order valence-electron chi connectivity index (χ4n) is 5.30. The predicted octanol–water partition coefficient (Wildman–Crippen LogP) is 7.02. The van der Waals surface area contributed by atoms with Gasteiger partial charge in [-0.15, -0.1) is 0 Å². The predicted molar refractivity (Wildman–Crippen MR) is 157 cm³/mol. The minimum atomic E-state index is -0.507. The molecule has 0 unspecified atom stereocenters. The van der Waals surface area contributed by atoms with Gasteiger partial charge in [-0.05, 0) is 48.3 Å². The van der Waals surface area contributed by atoms with E-state index in [1.54, 1.807) is 0 Å². The first-order chi connectivity index (χ1) is 19.0. The van der Waals surface area contributed by atoms with Crippen molar-refractivity contribution < 1.29 is 24.5 Å². The van der Waals surface area contributed by atoms with Crippen LogP contribution in [0, 0.1) is 11.8 Å². The zero-order chi connectivity index (χ0) is 27.9. The smallest absolute Gasteiger partial charge is 0.305 e. The van der Waals surface area contributed by atoms with Crippen molar-refractivity contribution in [2.75, 3.05) is 7.11 Å². The number of hydrogen-bond acceptors (Lipinski definition) is 5. The molecule has 1 aliphatic carbocycles. The fraction of sp³-hybridized carbons (Fsp3) is 0.500. The van der Waals surface area contributed by atoms with Gasteiger partial charge in [0.2, 0.25) is 0 Å². The lowest BCUT2D eigenvalue weighted by molar-refractivity contribution is -0.140. The Morgan fingerprint density at radius 2 is 1.77 bits per heavy atom. The second-order valence-electron chi connectivity index (χ2n) is 10.6. The zero-order valence-corrected chi connectivity index (χ0v) is 23.6. The maximum absolute atomic E-state index is 11.3. The van der Waals surface area contributed by atoms with Crippen LogP contribution in [0.25, 0.3) is 11.1 Å². The molecule has 39 heavy (non-hydrogen) atoms. The molecule has 3 rings (SSSR count). The molecule has 1 aliphatic rings. The van der Waals surface area contributed by atoms with Crippen LogP contribution in [-0.4, -0.2) is 41.6 Å². The third kappa shape index (κ3) is 10.4. The number of aliphatic hydroxyl groups excluding tert-OH is 2. The average Bonchev–Trinajstić information content (AvgIpc) is 3.26. The number of esters is 1. The molecule has 1 saturated carbocycles. The topological polar surface area (TPSA) is 76.0 Å². The molecule has 5 atom stereocenters. The van der Waals surface area contributed by atoms with Crippen molar-refractivity contribution >= 4 is 5.97 Å². The van der Waals surface area contributed by atoms with E-state index in [0.717, 1.165) is 50.5 Å². The number of hydrogen-bond donors (Lipinski definition) is 2. The maximum Gasteiger partial charge on any atom is 0.305 e. The first-order valence-corrected chi connectivity index (χ1v) is 14.5. The lowest BCUT2D eigenvalue weighted by atomic mass is 9.89. The highest BCUT2D eigenvalue weighted by Gasteiger charge is 2.41. The summed E-state index contributed by atoms with van der Waals surface area (Å²) in [7, 11) is 1.41. The van der Waals surface area contributed by atoms with Crippen molar-refractivity contribution in [1.82, 2.24) is 0 Å². The summed E-state index contributed by atoms with van der Waals surface area (Å²) in [6.45, 7) is 2.64. The van der Waals surface area contributed by atoms with Gasteiger partial charge in [-0.1, -0.05) is 105 Å². The molecule has 0 radical (unpaired) electrons. The number of allylic oxidation sites excluding steroid dienone is 2. The van der Waals surface area contributed by atoms with E-state index in [1.165, 1.54) is 18.2 Å². The van der Waals surface area contributed by atoms with E-state index in [4.69, 9.17) is 9.47 Å². The molecule has 0 bridgehead atoms. The van der Waals surface area contributed by atoms with Crippen LogP contribution < -0.4 is 0 Å². The Bertz CT molecular complexity index is 1010. The van der Waals surface area contributed by atoms with Gasteiger partial charge in [0, 0.05) is 18.8 Å². The molecule has 5 nitrogen and oxygen atoms in total. The number of benzene rings is 2. The van der Waals surface area contributed by atoms with Crippen LogP contribution in [0.5, 0.6) is 0 Å². The highest BCUT2D eigenvalue weighted by molar-refractivity contribution is 5.69. The van der Waals surface area contributed by atoms with Crippen LogP contribution in [-0.2, 0) is 20.9 Å². The number of methoxy groups -OCH3 is 1. The van der Waals surface area contributed by atoms with Gasteiger partial charge in [-0.2, -0.15) is 0 Å². The van der Waals surface area contributed by atoms with Crippen molar-refractivity contribution in [1.29, 1.82) is 0 Å². The van der Waals surface area contributed by atoms with Gasteiger partial charge in [0.25, 0.3) is 0 Å². The Hall–Kier alpha value is -2.73. The molecule has 1 fully saturated rings. The summed E-state index contributed by atoms with van der Waals surface area (Å²) in [5, 5.41) is 21.4. The number of aliphatic hydroxyl groups is 2. The number of ether oxygens (including phenoxy) is 2. The molecule has 0 aromatic heterocycles. The molecule has 0 spiro atoms. The van der Waals surface area contributed by atoms with E-state index in [-0.39, 0.29) is 23.9 Å². The zero-order valence-electron chi connectivity index (χ0n) is 23.6. The van der Waals surface area contributed by atoms with Crippen LogP contribution in [0.4, 0.5) is 0 Å². The summed E-state index contributed by atoms with van der Waals surface area (Å²) in [6, 6.07) is 18.8. The molecular weight excluding hydrogens is 488 g/mol. The molecular formula is C34H46O5. The second kappa shape index (κ2) is 17.1. The molecule has 2 aromatic rings. The first-order valence-electron chi connectivity index (χ1n) is 14.5. The van der Waals surface area contributed by atoms with E-state index >= 15 is 0 Å². The van der Waals surface area contributed by atoms with Crippen molar-refractivity contribution in [2.45, 2.75) is 89.6 Å². The summed E-state index contributed by atoms with van der Waals surface area (Å²) >= 11 is 0. The van der Waals surface area contributed by atoms with E-state index in [0.29, 0.717) is 19.4 Å². The standard InChI is InChI=1S/C34H46O5/c1-3-4-8-15-29(35)22-23-30-31(16-11-5-6-12-17-34(37)38-2)33(24-32(30)36)39-25-26-18-20-28(21-19-26)27-13-9-7-10-14-27/h5,7,9-11,13-14,18-23,29-33,35-36H,3-4,6,8,12,15-17,24-25H2,1-2H3/b11-5-,23-22+/t29-,30-,31-,32-,33+/m1/s1. The maximum atomic E-state index is 11.3. The highest BCUT2D eigenvalue weighted by Crippen LogP contribution is 2.39. The van der Waals surface area contributed by atoms with Gasteiger partial charge < -0.3 is 19.7 Å². The Kier molecular flexibility index (Phi) is 13.5. The van der Waals surface area contributed by atoms with E-state index < -0.39 is 12.2 Å². The minimum absolute atomic E-state index is 0.0731. The minimum Gasteiger partial charge on any atom is -0.469 e. The second-order valence-corrected chi connectivity index (χ2v) is 10.6. The third-order valence-electron chi connectivity index (χ3n) is 7.63. The van der Waals surface area contributed by atoms with Crippen molar-refractivity contribution in [3.63, 3.8) is 0 Å². The van der Waals surface area contributed by atoms with Crippen LogP contribution >= 0.6 is 0 Å². The largest absolute Gasteiger partial charge is 0.469 e. The lowest BCUT2D eigenvalue weighted by Crippen LogP contribution is -2.22. The highest BCUT2D eigenvalue weighted by atomic mass is 16.5. The molecule has 0 saturated heterocycles. The molecule has 212 valence electrons. The normalized spacial score (nSPS) is 22.1. The van der Waals surface area contributed by atoms with Crippen LogP contribution in [0.1, 0.15) is 70.3 Å². The van der Waals surface area contributed by atoms with Crippen molar-refractivity contribution in [3.05, 3.63) is 84.5 Å². The monoisotopic (exact) mass is 534 g/mol. The number of carbonyl (C=O) groups excluding carboxylic acids is 1. The van der Waals surface area contributed by atoms with E-state index in [1.807, 2.05) is 30.4 Å². The SMILES string of the molecule is CCCCC[C@@H](O)/C=C/[C@@H]1[C@@H](C/C=C\CCCC(=O)OC)[C@@H](OCc2ccc(-c3ccccc3)cc2)C[C@H]1O. The van der Waals surface area contributed by atoms with E-state index in [9.17, 15) is 15.0 Å². The lowest BCUT2D eigenvalue weighted by Gasteiger charge is -2.23. The first kappa shape index (κ1) is 30.8. The quantitative estimate of drug-likeness (QED) is 0.137. The van der Waals surface area contributed by atoms with Crippen molar-refractivity contribution in [3.8, 4) is 11.1 Å². The Labute approximate surface area is 234 Å². The third-order valence-corrected chi connectivity index (χ3v) is 7.63. The average molecular weight is 535 g/mol. The van der Waals surface area contributed by atoms with Gasteiger partial charge >= 0.3 is 5.97 Å². The van der Waals surface area contributed by atoms with Gasteiger partial charge in [0.05, 0.1) is 32.0 Å². The number of rotatable bonds is 16. The summed E-state index contributed by atoms with van der Waals surface area (Å²) in [5.74, 6) is -0.147. The number of carbonyl (C=O) groups is 1. The summed E-state index contributed by atoms with van der Waals surface area (Å²) < 4.78 is 11.1. The van der Waals surface area contributed by atoms with Crippen LogP contribution in [0.2, 0.25) is 0 Å². The molecule has 0 amide bonds. The Morgan fingerprint density at radius 1 is 1.03 bits per heavy atom. The van der Waals surface area contributed by atoms with Gasteiger partial charge in [0.15, 0.2) is 0 Å². The van der Waals surface area contributed by atoms with Crippen LogP contribution in [0.3, 0.4) is 0 Å². The van der Waals surface area contributed by atoms with Gasteiger partial charge in [-0.25, -0.2) is 0 Å². The summed E-state index contributed by atoms with van der Waals surface area (Å²) in [5.41, 5.74) is 3.47. The molecule has 0 aliphatic heterocycles. The van der Waals surface area contributed by atoms with Crippen LogP contribution in [0.15, 0.2) is 78.9 Å². The molecule has 2 N–H and O–H groups in total. The summed E-state index contributed by atoms with van der Waals surface area (Å²) in [6.07, 6.45) is 14.3.